The van der Waals surface area contributed by atoms with E-state index < -0.39 is 12.0 Å². The van der Waals surface area contributed by atoms with Crippen LogP contribution < -0.4 is 5.73 Å². The summed E-state index contributed by atoms with van der Waals surface area (Å²) in [5, 5.41) is 0. The Morgan fingerprint density at radius 1 is 0.696 bits per heavy atom. The third-order valence-electron chi connectivity index (χ3n) is 8.91. The molecule has 0 saturated heterocycles. The fraction of sp³-hybridized carbons (Fsp3) is 0.868. The first kappa shape index (κ1) is 42.1. The van der Waals surface area contributed by atoms with Crippen molar-refractivity contribution in [3.63, 3.8) is 0 Å². The van der Waals surface area contributed by atoms with E-state index in [4.69, 9.17) is 15.2 Å². The van der Waals surface area contributed by atoms with Crippen LogP contribution in [0.25, 0.3) is 0 Å². The van der Waals surface area contributed by atoms with Crippen LogP contribution in [0.15, 0.2) is 12.5 Å². The molecule has 0 fully saturated rings. The van der Waals surface area contributed by atoms with Gasteiger partial charge < -0.3 is 25.1 Å². The van der Waals surface area contributed by atoms with Gasteiger partial charge in [-0.15, -0.1) is 0 Å². The fourth-order valence-electron chi connectivity index (χ4n) is 5.92. The van der Waals surface area contributed by atoms with Gasteiger partial charge in [-0.2, -0.15) is 0 Å². The maximum Gasteiger partial charge on any atom is 0.323 e. The minimum Gasteiger partial charge on any atom is -0.462 e. The lowest BCUT2D eigenvalue weighted by Gasteiger charge is -2.23. The normalized spacial score (nSPS) is 12.0. The summed E-state index contributed by atoms with van der Waals surface area (Å²) in [5.41, 5.74) is 6.71. The number of hydrogen-bond acceptors (Lipinski definition) is 6. The van der Waals surface area contributed by atoms with Gasteiger partial charge in [-0.1, -0.05) is 155 Å². The molecule has 0 bridgehead atoms. The van der Waals surface area contributed by atoms with Gasteiger partial charge in [-0.05, 0) is 12.8 Å². The Hall–Kier alpha value is -1.93. The average molecular weight is 649 g/mol. The van der Waals surface area contributed by atoms with E-state index in [9.17, 15) is 9.59 Å². The molecule has 0 aliphatic carbocycles. The number of nitrogens with one attached hydrogen (secondary N) is 1. The molecule has 1 rings (SSSR count). The minimum atomic E-state index is -0.760. The summed E-state index contributed by atoms with van der Waals surface area (Å²) in [6, 6.07) is -0.760. The molecule has 3 N–H and O–H groups in total. The number of amides is 1. The molecule has 1 unspecified atom stereocenters. The maximum atomic E-state index is 13.1. The highest BCUT2D eigenvalue weighted by Gasteiger charge is 2.17. The molecule has 1 aromatic rings. The molecule has 1 atom stereocenters. The van der Waals surface area contributed by atoms with Crippen molar-refractivity contribution < 1.29 is 19.1 Å². The summed E-state index contributed by atoms with van der Waals surface area (Å²) in [6.45, 7) is 6.43. The first-order valence-electron chi connectivity index (χ1n) is 19.3. The van der Waals surface area contributed by atoms with Gasteiger partial charge in [0.1, 0.15) is 19.3 Å². The first-order chi connectivity index (χ1) is 22.6. The number of carbonyl (C=O) groups is 2. The summed E-state index contributed by atoms with van der Waals surface area (Å²) in [5.74, 6) is -0.446. The number of imidazole rings is 1. The number of aromatic amines is 1. The van der Waals surface area contributed by atoms with Crippen molar-refractivity contribution in [2.75, 3.05) is 32.9 Å². The average Bonchev–Trinajstić information content (AvgIpc) is 3.57. The Morgan fingerprint density at radius 2 is 1.13 bits per heavy atom. The highest BCUT2D eigenvalue weighted by molar-refractivity contribution is 5.77. The lowest BCUT2D eigenvalue weighted by Crippen LogP contribution is -2.37. The predicted molar refractivity (Wildman–Crippen MR) is 191 cm³/mol. The molecule has 0 radical (unpaired) electrons. The molecule has 46 heavy (non-hydrogen) atoms. The monoisotopic (exact) mass is 649 g/mol. The quantitative estimate of drug-likeness (QED) is 0.0570. The Bertz CT molecular complexity index is 777. The largest absolute Gasteiger partial charge is 0.462 e. The predicted octanol–water partition coefficient (Wildman–Crippen LogP) is 9.07. The standard InChI is InChI=1S/C38H72N4O4/c1-3-5-7-9-11-13-15-17-19-21-23-25-27-42(28-26-24-22-20-18-16-14-12-10-8-6-4-2)37(43)33-45-29-30-46-38(44)36(39)31-35-32-40-34-41-35/h32,34,36H,3-31,33,39H2,1-2H3,(H,40,41). The van der Waals surface area contributed by atoms with Crippen LogP contribution in [0.4, 0.5) is 0 Å². The van der Waals surface area contributed by atoms with Crippen LogP contribution >= 0.6 is 0 Å². The lowest BCUT2D eigenvalue weighted by molar-refractivity contribution is -0.147. The van der Waals surface area contributed by atoms with Crippen molar-refractivity contribution in [1.29, 1.82) is 0 Å². The number of rotatable bonds is 34. The maximum absolute atomic E-state index is 13.1. The second kappa shape index (κ2) is 31.7. The van der Waals surface area contributed by atoms with Crippen molar-refractivity contribution in [3.8, 4) is 0 Å². The van der Waals surface area contributed by atoms with E-state index >= 15 is 0 Å². The zero-order valence-electron chi connectivity index (χ0n) is 30.1. The number of hydrogen-bond donors (Lipinski definition) is 2. The highest BCUT2D eigenvalue weighted by atomic mass is 16.6. The Kier molecular flexibility index (Phi) is 29.0. The number of carbonyl (C=O) groups excluding carboxylic acids is 2. The zero-order chi connectivity index (χ0) is 33.3. The third-order valence-corrected chi connectivity index (χ3v) is 8.91. The Balaban J connectivity index is 2.24. The molecular formula is C38H72N4O4. The summed E-state index contributed by atoms with van der Waals surface area (Å²) in [7, 11) is 0. The van der Waals surface area contributed by atoms with E-state index in [1.54, 1.807) is 12.5 Å². The van der Waals surface area contributed by atoms with E-state index in [1.165, 1.54) is 141 Å². The SMILES string of the molecule is CCCCCCCCCCCCCCN(CCCCCCCCCCCCCC)C(=O)COCCOC(=O)C(N)Cc1cnc[nH]1. The van der Waals surface area contributed by atoms with E-state index in [0.717, 1.165) is 31.6 Å². The van der Waals surface area contributed by atoms with Gasteiger partial charge in [-0.25, -0.2) is 4.98 Å². The third kappa shape index (κ3) is 25.2. The van der Waals surface area contributed by atoms with Crippen LogP contribution in [0.5, 0.6) is 0 Å². The minimum absolute atomic E-state index is 0.0221. The Morgan fingerprint density at radius 3 is 1.54 bits per heavy atom. The molecule has 0 aliphatic heterocycles. The second-order valence-corrected chi connectivity index (χ2v) is 13.3. The van der Waals surface area contributed by atoms with Crippen molar-refractivity contribution in [1.82, 2.24) is 14.9 Å². The van der Waals surface area contributed by atoms with Crippen molar-refractivity contribution in [2.24, 2.45) is 5.73 Å². The van der Waals surface area contributed by atoms with E-state index in [2.05, 4.69) is 23.8 Å². The van der Waals surface area contributed by atoms with Crippen LogP contribution in [0.1, 0.15) is 174 Å². The summed E-state index contributed by atoms with van der Waals surface area (Å²) in [6.07, 6.45) is 35.0. The van der Waals surface area contributed by atoms with E-state index in [1.807, 2.05) is 4.90 Å². The van der Waals surface area contributed by atoms with Gasteiger partial charge in [0, 0.05) is 31.4 Å². The van der Waals surface area contributed by atoms with Crippen LogP contribution in [0, 0.1) is 0 Å². The van der Waals surface area contributed by atoms with Gasteiger partial charge in [0.2, 0.25) is 5.91 Å². The van der Waals surface area contributed by atoms with E-state index in [0.29, 0.717) is 6.42 Å². The molecule has 0 spiro atoms. The number of H-pyrrole nitrogens is 1. The molecule has 0 aromatic carbocycles. The first-order valence-corrected chi connectivity index (χ1v) is 19.3. The number of esters is 1. The Labute approximate surface area is 282 Å². The lowest BCUT2D eigenvalue weighted by atomic mass is 10.0. The van der Waals surface area contributed by atoms with Gasteiger partial charge in [0.15, 0.2) is 0 Å². The van der Waals surface area contributed by atoms with E-state index in [-0.39, 0.29) is 25.7 Å². The second-order valence-electron chi connectivity index (χ2n) is 13.3. The van der Waals surface area contributed by atoms with Crippen LogP contribution in [0.3, 0.4) is 0 Å². The van der Waals surface area contributed by atoms with Crippen LogP contribution in [-0.2, 0) is 25.5 Å². The number of aromatic nitrogens is 2. The molecule has 1 aromatic heterocycles. The number of unbranched alkanes of at least 4 members (excludes halogenated alkanes) is 22. The molecule has 0 saturated carbocycles. The number of nitrogens with two attached hydrogens (primary N) is 1. The number of nitrogens with zero attached hydrogens (tertiary/aromatic N) is 2. The fourth-order valence-corrected chi connectivity index (χ4v) is 5.92. The molecule has 1 amide bonds. The number of ether oxygens (including phenoxy) is 2. The van der Waals surface area contributed by atoms with Gasteiger partial charge in [0.05, 0.1) is 12.9 Å². The van der Waals surface area contributed by atoms with Gasteiger partial charge >= 0.3 is 5.97 Å². The van der Waals surface area contributed by atoms with Crippen molar-refractivity contribution >= 4 is 11.9 Å². The smallest absolute Gasteiger partial charge is 0.323 e. The molecule has 1 heterocycles. The topological polar surface area (TPSA) is 111 Å². The highest BCUT2D eigenvalue weighted by Crippen LogP contribution is 2.14. The summed E-state index contributed by atoms with van der Waals surface area (Å²) < 4.78 is 10.9. The summed E-state index contributed by atoms with van der Waals surface area (Å²) >= 11 is 0. The molecular weight excluding hydrogens is 576 g/mol. The molecule has 0 aliphatic rings. The van der Waals surface area contributed by atoms with Crippen molar-refractivity contribution in [2.45, 2.75) is 180 Å². The molecule has 8 nitrogen and oxygen atoms in total. The van der Waals surface area contributed by atoms with Crippen molar-refractivity contribution in [3.05, 3.63) is 18.2 Å². The van der Waals surface area contributed by atoms with Gasteiger partial charge in [0.25, 0.3) is 0 Å². The zero-order valence-corrected chi connectivity index (χ0v) is 30.1. The van der Waals surface area contributed by atoms with Crippen LogP contribution in [0.2, 0.25) is 0 Å². The molecule has 8 heteroatoms. The van der Waals surface area contributed by atoms with Crippen LogP contribution in [-0.4, -0.2) is 65.7 Å². The molecule has 268 valence electrons. The van der Waals surface area contributed by atoms with Gasteiger partial charge in [-0.3, -0.25) is 9.59 Å². The summed E-state index contributed by atoms with van der Waals surface area (Å²) in [4.78, 5) is 34.1.